The number of halogens is 4. The quantitative estimate of drug-likeness (QED) is 0.788. The molecule has 2 aromatic rings. The van der Waals surface area contributed by atoms with Crippen LogP contribution in [0.1, 0.15) is 18.3 Å². The predicted molar refractivity (Wildman–Crippen MR) is 67.7 cm³/mol. The zero-order chi connectivity index (χ0) is 14.0. The third-order valence-corrected chi connectivity index (χ3v) is 3.96. The van der Waals surface area contributed by atoms with Crippen molar-refractivity contribution in [2.75, 3.05) is 0 Å². The topological polar surface area (TPSA) is 38.7 Å². The molecule has 0 N–H and O–H groups in total. The van der Waals surface area contributed by atoms with E-state index >= 15 is 0 Å². The Bertz CT molecular complexity index is 586. The molecule has 0 aromatic carbocycles. The molecule has 0 atom stereocenters. The van der Waals surface area contributed by atoms with Crippen LogP contribution in [0.4, 0.5) is 13.2 Å². The van der Waals surface area contributed by atoms with E-state index in [-0.39, 0.29) is 10.2 Å². The van der Waals surface area contributed by atoms with Crippen LogP contribution in [0.5, 0.6) is 0 Å². The highest BCUT2D eigenvalue weighted by Crippen LogP contribution is 2.35. The van der Waals surface area contributed by atoms with Crippen molar-refractivity contribution in [1.29, 1.82) is 0 Å². The van der Waals surface area contributed by atoms with E-state index in [4.69, 9.17) is 11.6 Å². The molecule has 3 nitrogen and oxygen atoms in total. The summed E-state index contributed by atoms with van der Waals surface area (Å²) in [4.78, 5) is 8.00. The zero-order valence-corrected chi connectivity index (χ0v) is 11.9. The van der Waals surface area contributed by atoms with Crippen molar-refractivity contribution in [2.45, 2.75) is 28.9 Å². The lowest BCUT2D eigenvalue weighted by atomic mass is 10.3. The average molecular weight is 326 g/mol. The Morgan fingerprint density at radius 3 is 2.63 bits per heavy atom. The van der Waals surface area contributed by atoms with E-state index in [9.17, 15) is 13.2 Å². The molecule has 2 rings (SSSR count). The number of aryl methyl sites for hydroxylation is 1. The molecule has 0 aliphatic rings. The maximum Gasteiger partial charge on any atom is 0.416 e. The molecule has 0 fully saturated rings. The van der Waals surface area contributed by atoms with Crippen molar-refractivity contribution < 1.29 is 13.2 Å². The first-order valence-corrected chi connectivity index (χ1v) is 7.10. The third-order valence-electron chi connectivity index (χ3n) is 2.06. The highest BCUT2D eigenvalue weighted by molar-refractivity contribution is 8.00. The largest absolute Gasteiger partial charge is 0.416 e. The molecule has 2 heterocycles. The molecule has 0 aliphatic heterocycles. The van der Waals surface area contributed by atoms with Crippen molar-refractivity contribution in [3.05, 3.63) is 28.7 Å². The fourth-order valence-corrected chi connectivity index (χ4v) is 3.14. The second-order valence-electron chi connectivity index (χ2n) is 3.45. The molecule has 0 radical (unpaired) electrons. The smallest absolute Gasteiger partial charge is 0.229 e. The maximum atomic E-state index is 12.6. The van der Waals surface area contributed by atoms with Crippen LogP contribution in [0.25, 0.3) is 0 Å². The predicted octanol–water partition coefficient (Wildman–Crippen LogP) is 4.32. The van der Waals surface area contributed by atoms with Crippen molar-refractivity contribution in [3.8, 4) is 0 Å². The first-order valence-electron chi connectivity index (χ1n) is 5.13. The van der Waals surface area contributed by atoms with Crippen molar-refractivity contribution in [1.82, 2.24) is 14.3 Å². The lowest BCUT2D eigenvalue weighted by Crippen LogP contribution is -2.05. The molecule has 0 saturated carbocycles. The normalized spacial score (nSPS) is 11.8. The molecule has 0 amide bonds. The third kappa shape index (κ3) is 3.80. The van der Waals surface area contributed by atoms with Gasteiger partial charge in [-0.15, -0.1) is 0 Å². The fraction of sp³-hybridized carbons (Fsp3) is 0.300. The molecule has 9 heteroatoms. The number of nitrogens with zero attached hydrogens (tertiary/aromatic N) is 3. The minimum atomic E-state index is -4.45. The first-order chi connectivity index (χ1) is 8.88. The van der Waals surface area contributed by atoms with Crippen molar-refractivity contribution in [3.63, 3.8) is 0 Å². The van der Waals surface area contributed by atoms with Crippen LogP contribution in [0.3, 0.4) is 0 Å². The summed E-state index contributed by atoms with van der Waals surface area (Å²) in [7, 11) is 0. The zero-order valence-electron chi connectivity index (χ0n) is 9.53. The molecule has 0 unspecified atom stereocenters. The number of hydrogen-bond acceptors (Lipinski definition) is 5. The Hall–Kier alpha value is -0.860. The lowest BCUT2D eigenvalue weighted by Gasteiger charge is -2.07. The van der Waals surface area contributed by atoms with E-state index in [0.29, 0.717) is 16.6 Å². The van der Waals surface area contributed by atoms with Gasteiger partial charge in [-0.1, -0.05) is 18.5 Å². The van der Waals surface area contributed by atoms with Crippen LogP contribution >= 0.6 is 34.9 Å². The number of alkyl halides is 3. The van der Waals surface area contributed by atoms with Gasteiger partial charge in [0, 0.05) is 6.42 Å². The molecule has 0 bridgehead atoms. The monoisotopic (exact) mass is 325 g/mol. The van der Waals surface area contributed by atoms with Crippen molar-refractivity contribution >= 4 is 34.9 Å². The average Bonchev–Trinajstić information content (AvgIpc) is 2.75. The van der Waals surface area contributed by atoms with E-state index < -0.39 is 11.7 Å². The van der Waals surface area contributed by atoms with Gasteiger partial charge in [-0.25, -0.2) is 9.97 Å². The standard InChI is InChI=1S/C10H7ClF3N3S2/c1-2-7-16-9(19-17-7)18-8-4-5(10(12,13)14)3-6(11)15-8/h3-4H,2H2,1H3. The van der Waals surface area contributed by atoms with Gasteiger partial charge in [-0.05, 0) is 35.4 Å². The lowest BCUT2D eigenvalue weighted by molar-refractivity contribution is -0.137. The molecular formula is C10H7ClF3N3S2. The van der Waals surface area contributed by atoms with Crippen LogP contribution in [0.2, 0.25) is 5.15 Å². The maximum absolute atomic E-state index is 12.6. The summed E-state index contributed by atoms with van der Waals surface area (Å²) in [5.74, 6) is 0.658. The molecule has 19 heavy (non-hydrogen) atoms. The second kappa shape index (κ2) is 5.64. The van der Waals surface area contributed by atoms with Crippen LogP contribution < -0.4 is 0 Å². The number of hydrogen-bond donors (Lipinski definition) is 0. The van der Waals surface area contributed by atoms with Gasteiger partial charge < -0.3 is 0 Å². The van der Waals surface area contributed by atoms with Crippen LogP contribution in [0, 0.1) is 0 Å². The van der Waals surface area contributed by atoms with Crippen LogP contribution in [0.15, 0.2) is 21.5 Å². The number of pyridine rings is 1. The van der Waals surface area contributed by atoms with Gasteiger partial charge in [-0.3, -0.25) is 0 Å². The Labute approximate surface area is 120 Å². The highest BCUT2D eigenvalue weighted by atomic mass is 35.5. The SMILES string of the molecule is CCc1nsc(Sc2cc(C(F)(F)F)cc(Cl)n2)n1. The molecule has 0 saturated heterocycles. The minimum absolute atomic E-state index is 0.152. The molecule has 0 aliphatic carbocycles. The van der Waals surface area contributed by atoms with Crippen LogP contribution in [-0.4, -0.2) is 14.3 Å². The van der Waals surface area contributed by atoms with E-state index in [1.807, 2.05) is 6.92 Å². The first kappa shape index (κ1) is 14.5. The van der Waals surface area contributed by atoms with Gasteiger partial charge in [0.1, 0.15) is 16.0 Å². The summed E-state index contributed by atoms with van der Waals surface area (Å²) in [6.07, 6.45) is -3.77. The Morgan fingerprint density at radius 2 is 2.05 bits per heavy atom. The van der Waals surface area contributed by atoms with Crippen LogP contribution in [-0.2, 0) is 12.6 Å². The summed E-state index contributed by atoms with van der Waals surface area (Å²) >= 11 is 7.74. The van der Waals surface area contributed by atoms with E-state index in [2.05, 4.69) is 14.3 Å². The van der Waals surface area contributed by atoms with Gasteiger partial charge in [-0.2, -0.15) is 17.5 Å². The number of aromatic nitrogens is 3. The second-order valence-corrected chi connectivity index (χ2v) is 5.85. The Morgan fingerprint density at radius 1 is 1.32 bits per heavy atom. The Balaban J connectivity index is 2.27. The highest BCUT2D eigenvalue weighted by Gasteiger charge is 2.31. The molecule has 102 valence electrons. The van der Waals surface area contributed by atoms with E-state index in [1.165, 1.54) is 0 Å². The summed E-state index contributed by atoms with van der Waals surface area (Å²) < 4.78 is 42.5. The fourth-order valence-electron chi connectivity index (χ4n) is 1.20. The summed E-state index contributed by atoms with van der Waals surface area (Å²) in [5, 5.41) is -0.0452. The molecule has 0 spiro atoms. The molecular weight excluding hydrogens is 319 g/mol. The Kier molecular flexibility index (Phi) is 4.32. The van der Waals surface area contributed by atoms with Gasteiger partial charge >= 0.3 is 6.18 Å². The summed E-state index contributed by atoms with van der Waals surface area (Å²) in [6, 6.07) is 1.74. The van der Waals surface area contributed by atoms with Gasteiger partial charge in [0.25, 0.3) is 0 Å². The summed E-state index contributed by atoms with van der Waals surface area (Å²) in [6.45, 7) is 1.90. The minimum Gasteiger partial charge on any atom is -0.229 e. The van der Waals surface area contributed by atoms with E-state index in [1.54, 1.807) is 0 Å². The van der Waals surface area contributed by atoms with Gasteiger partial charge in [0.2, 0.25) is 0 Å². The van der Waals surface area contributed by atoms with Crippen molar-refractivity contribution in [2.24, 2.45) is 0 Å². The molecule has 2 aromatic heterocycles. The number of rotatable bonds is 3. The van der Waals surface area contributed by atoms with Gasteiger partial charge in [0.05, 0.1) is 5.56 Å². The van der Waals surface area contributed by atoms with Gasteiger partial charge in [0.15, 0.2) is 4.34 Å². The summed E-state index contributed by atoms with van der Waals surface area (Å²) in [5.41, 5.74) is -0.824. The van der Waals surface area contributed by atoms with E-state index in [0.717, 1.165) is 35.4 Å².